The van der Waals surface area contributed by atoms with Gasteiger partial charge in [-0.15, -0.1) is 5.10 Å². The average Bonchev–Trinajstić information content (AvgIpc) is 3.11. The summed E-state index contributed by atoms with van der Waals surface area (Å²) in [6.07, 6.45) is 3.53. The monoisotopic (exact) mass is 327 g/mol. The van der Waals surface area contributed by atoms with Gasteiger partial charge in [0, 0.05) is 56.1 Å². The molecule has 7 heteroatoms. The SMILES string of the molecule is O=C(c1ccc(N2CCOCC2)cc1)N1CC(Cn2ccnn2)C1. The number of carbonyl (C=O) groups is 1. The molecule has 0 radical (unpaired) electrons. The van der Waals surface area contributed by atoms with Crippen molar-refractivity contribution in [3.8, 4) is 0 Å². The Balaban J connectivity index is 1.32. The van der Waals surface area contributed by atoms with Crippen molar-refractivity contribution in [1.82, 2.24) is 19.9 Å². The average molecular weight is 327 g/mol. The van der Waals surface area contributed by atoms with E-state index >= 15 is 0 Å². The number of hydrogen-bond donors (Lipinski definition) is 0. The molecule has 0 N–H and O–H groups in total. The lowest BCUT2D eigenvalue weighted by Gasteiger charge is -2.39. The first-order valence-corrected chi connectivity index (χ1v) is 8.36. The summed E-state index contributed by atoms with van der Waals surface area (Å²) in [7, 11) is 0. The summed E-state index contributed by atoms with van der Waals surface area (Å²) in [6.45, 7) is 5.73. The van der Waals surface area contributed by atoms with Crippen LogP contribution in [-0.2, 0) is 11.3 Å². The summed E-state index contributed by atoms with van der Waals surface area (Å²) in [5.74, 6) is 0.571. The molecule has 24 heavy (non-hydrogen) atoms. The van der Waals surface area contributed by atoms with E-state index in [0.29, 0.717) is 5.92 Å². The summed E-state index contributed by atoms with van der Waals surface area (Å²) >= 11 is 0. The molecular weight excluding hydrogens is 306 g/mol. The molecule has 2 fully saturated rings. The minimum absolute atomic E-state index is 0.110. The minimum atomic E-state index is 0.110. The van der Waals surface area contributed by atoms with Crippen molar-refractivity contribution in [1.29, 1.82) is 0 Å². The van der Waals surface area contributed by atoms with Crippen LogP contribution in [-0.4, -0.2) is 65.2 Å². The predicted octanol–water partition coefficient (Wildman–Crippen LogP) is 0.887. The summed E-state index contributed by atoms with van der Waals surface area (Å²) in [6, 6.07) is 7.92. The van der Waals surface area contributed by atoms with Crippen molar-refractivity contribution in [3.05, 3.63) is 42.2 Å². The van der Waals surface area contributed by atoms with Crippen LogP contribution < -0.4 is 4.90 Å². The second kappa shape index (κ2) is 6.60. The van der Waals surface area contributed by atoms with Gasteiger partial charge in [0.25, 0.3) is 5.91 Å². The Hall–Kier alpha value is -2.41. The number of anilines is 1. The van der Waals surface area contributed by atoms with Crippen LogP contribution >= 0.6 is 0 Å². The Kier molecular flexibility index (Phi) is 4.17. The van der Waals surface area contributed by atoms with E-state index in [4.69, 9.17) is 4.74 Å². The molecule has 2 saturated heterocycles. The second-order valence-electron chi connectivity index (χ2n) is 6.35. The molecule has 3 heterocycles. The first kappa shape index (κ1) is 15.1. The third kappa shape index (κ3) is 3.12. The summed E-state index contributed by atoms with van der Waals surface area (Å²) in [4.78, 5) is 16.7. The van der Waals surface area contributed by atoms with E-state index in [2.05, 4.69) is 15.2 Å². The van der Waals surface area contributed by atoms with Crippen molar-refractivity contribution in [2.45, 2.75) is 6.54 Å². The van der Waals surface area contributed by atoms with E-state index in [9.17, 15) is 4.79 Å². The van der Waals surface area contributed by atoms with Crippen LogP contribution in [0.5, 0.6) is 0 Å². The highest BCUT2D eigenvalue weighted by Crippen LogP contribution is 2.22. The molecule has 7 nitrogen and oxygen atoms in total. The van der Waals surface area contributed by atoms with Gasteiger partial charge in [0.2, 0.25) is 0 Å². The van der Waals surface area contributed by atoms with Gasteiger partial charge in [-0.3, -0.25) is 9.48 Å². The standard InChI is InChI=1S/C17H21N5O2/c23-17(21-11-14(12-21)13-22-6-5-18-19-22)15-1-3-16(4-2-15)20-7-9-24-10-8-20/h1-6,14H,7-13H2. The highest BCUT2D eigenvalue weighted by molar-refractivity contribution is 5.95. The maximum atomic E-state index is 12.5. The molecule has 0 unspecified atom stereocenters. The highest BCUT2D eigenvalue weighted by atomic mass is 16.5. The lowest BCUT2D eigenvalue weighted by molar-refractivity contribution is 0.0460. The van der Waals surface area contributed by atoms with Crippen molar-refractivity contribution < 1.29 is 9.53 Å². The van der Waals surface area contributed by atoms with E-state index in [1.165, 1.54) is 0 Å². The molecule has 1 amide bonds. The first-order chi connectivity index (χ1) is 11.8. The third-order valence-corrected chi connectivity index (χ3v) is 4.65. The van der Waals surface area contributed by atoms with Crippen molar-refractivity contribution in [2.75, 3.05) is 44.3 Å². The number of benzene rings is 1. The predicted molar refractivity (Wildman–Crippen MR) is 88.9 cm³/mol. The number of hydrogen-bond acceptors (Lipinski definition) is 5. The molecule has 2 aromatic rings. The molecule has 126 valence electrons. The largest absolute Gasteiger partial charge is 0.378 e. The van der Waals surface area contributed by atoms with Crippen LogP contribution in [0.15, 0.2) is 36.7 Å². The van der Waals surface area contributed by atoms with Crippen LogP contribution in [0.4, 0.5) is 5.69 Å². The van der Waals surface area contributed by atoms with Gasteiger partial charge in [-0.1, -0.05) is 5.21 Å². The number of morpholine rings is 1. The molecule has 0 bridgehead atoms. The fourth-order valence-electron chi connectivity index (χ4n) is 3.26. The summed E-state index contributed by atoms with van der Waals surface area (Å²) < 4.78 is 7.19. The molecule has 0 aliphatic carbocycles. The Morgan fingerprint density at radius 1 is 1.17 bits per heavy atom. The zero-order valence-electron chi connectivity index (χ0n) is 13.5. The maximum Gasteiger partial charge on any atom is 0.253 e. The van der Waals surface area contributed by atoms with Gasteiger partial charge < -0.3 is 14.5 Å². The van der Waals surface area contributed by atoms with Gasteiger partial charge in [-0.25, -0.2) is 0 Å². The third-order valence-electron chi connectivity index (χ3n) is 4.65. The van der Waals surface area contributed by atoms with Crippen LogP contribution in [0.25, 0.3) is 0 Å². The topological polar surface area (TPSA) is 63.5 Å². The van der Waals surface area contributed by atoms with Gasteiger partial charge in [-0.05, 0) is 24.3 Å². The smallest absolute Gasteiger partial charge is 0.253 e. The van der Waals surface area contributed by atoms with Gasteiger partial charge in [0.1, 0.15) is 0 Å². The van der Waals surface area contributed by atoms with E-state index in [0.717, 1.165) is 57.2 Å². The van der Waals surface area contributed by atoms with Crippen LogP contribution in [0.2, 0.25) is 0 Å². The van der Waals surface area contributed by atoms with Gasteiger partial charge >= 0.3 is 0 Å². The van der Waals surface area contributed by atoms with Crippen molar-refractivity contribution in [3.63, 3.8) is 0 Å². The van der Waals surface area contributed by atoms with Crippen molar-refractivity contribution in [2.24, 2.45) is 5.92 Å². The summed E-state index contributed by atoms with van der Waals surface area (Å²) in [5, 5.41) is 7.77. The van der Waals surface area contributed by atoms with Gasteiger partial charge in [0.05, 0.1) is 19.4 Å². The normalized spacial score (nSPS) is 18.5. The van der Waals surface area contributed by atoms with E-state index in [1.54, 1.807) is 6.20 Å². The number of likely N-dealkylation sites (tertiary alicyclic amines) is 1. The molecule has 1 aromatic carbocycles. The molecular formula is C17H21N5O2. The highest BCUT2D eigenvalue weighted by Gasteiger charge is 2.31. The van der Waals surface area contributed by atoms with Gasteiger partial charge in [0.15, 0.2) is 0 Å². The number of rotatable bonds is 4. The number of carbonyl (C=O) groups excluding carboxylic acids is 1. The minimum Gasteiger partial charge on any atom is -0.378 e. The molecule has 0 saturated carbocycles. The maximum absolute atomic E-state index is 12.5. The van der Waals surface area contributed by atoms with Crippen LogP contribution in [0.1, 0.15) is 10.4 Å². The molecule has 2 aliphatic rings. The Bertz CT molecular complexity index is 674. The second-order valence-corrected chi connectivity index (χ2v) is 6.35. The fourth-order valence-corrected chi connectivity index (χ4v) is 3.26. The Morgan fingerprint density at radius 3 is 2.58 bits per heavy atom. The number of amides is 1. The Labute approximate surface area is 140 Å². The lowest BCUT2D eigenvalue weighted by atomic mass is 9.99. The lowest BCUT2D eigenvalue weighted by Crippen LogP contribution is -2.51. The quantitative estimate of drug-likeness (QED) is 0.834. The molecule has 4 rings (SSSR count). The zero-order valence-corrected chi connectivity index (χ0v) is 13.5. The molecule has 0 atom stereocenters. The summed E-state index contributed by atoms with van der Waals surface area (Å²) in [5.41, 5.74) is 1.91. The zero-order chi connectivity index (χ0) is 16.4. The van der Waals surface area contributed by atoms with E-state index in [-0.39, 0.29) is 5.91 Å². The number of aromatic nitrogens is 3. The molecule has 0 spiro atoms. The first-order valence-electron chi connectivity index (χ1n) is 8.36. The molecule has 1 aromatic heterocycles. The Morgan fingerprint density at radius 2 is 1.92 bits per heavy atom. The number of ether oxygens (including phenoxy) is 1. The van der Waals surface area contributed by atoms with E-state index in [1.807, 2.05) is 40.0 Å². The number of nitrogens with zero attached hydrogens (tertiary/aromatic N) is 5. The van der Waals surface area contributed by atoms with Crippen LogP contribution in [0.3, 0.4) is 0 Å². The fraction of sp³-hybridized carbons (Fsp3) is 0.471. The van der Waals surface area contributed by atoms with E-state index < -0.39 is 0 Å². The van der Waals surface area contributed by atoms with Gasteiger partial charge in [-0.2, -0.15) is 0 Å². The molecule has 2 aliphatic heterocycles. The van der Waals surface area contributed by atoms with Crippen molar-refractivity contribution >= 4 is 11.6 Å². The van der Waals surface area contributed by atoms with Crippen LogP contribution in [0, 0.1) is 5.92 Å².